The lowest BCUT2D eigenvalue weighted by Gasteiger charge is -2.35. The lowest BCUT2D eigenvalue weighted by Crippen LogP contribution is -2.38. The third kappa shape index (κ3) is 4.00. The number of aromatic nitrogens is 1. The molecule has 0 saturated heterocycles. The number of anilines is 3. The maximum Gasteiger partial charge on any atom is 0.267 e. The van der Waals surface area contributed by atoms with Crippen LogP contribution in [0, 0.1) is 11.3 Å². The molecule has 1 aromatic heterocycles. The summed E-state index contributed by atoms with van der Waals surface area (Å²) in [6.45, 7) is 2.73. The van der Waals surface area contributed by atoms with Crippen molar-refractivity contribution in [1.82, 2.24) is 9.88 Å². The fourth-order valence-corrected chi connectivity index (χ4v) is 3.72. The number of benzene rings is 1. The van der Waals surface area contributed by atoms with E-state index in [2.05, 4.69) is 20.9 Å². The maximum absolute atomic E-state index is 12.3. The molecule has 29 heavy (non-hydrogen) atoms. The van der Waals surface area contributed by atoms with Crippen LogP contribution in [0.3, 0.4) is 0 Å². The Morgan fingerprint density at radius 3 is 2.66 bits per heavy atom. The Balaban J connectivity index is 2.19. The number of likely N-dealkylation sites (N-methyl/N-ethyl adjacent to an activating group) is 1. The molecule has 7 nitrogen and oxygen atoms in total. The molecule has 5 N–H and O–H groups in total. The van der Waals surface area contributed by atoms with E-state index in [4.69, 9.17) is 16.7 Å². The van der Waals surface area contributed by atoms with Crippen LogP contribution in [-0.4, -0.2) is 29.5 Å². The fraction of sp³-hybridized carbons (Fsp3) is 0.238. The van der Waals surface area contributed by atoms with E-state index in [0.29, 0.717) is 17.3 Å². The van der Waals surface area contributed by atoms with Gasteiger partial charge in [-0.05, 0) is 30.7 Å². The average Bonchev–Trinajstić information content (AvgIpc) is 2.72. The summed E-state index contributed by atoms with van der Waals surface area (Å²) in [5.74, 6) is 1.09. The Morgan fingerprint density at radius 2 is 2.03 bits per heavy atom. The van der Waals surface area contributed by atoms with Gasteiger partial charge < -0.3 is 26.3 Å². The van der Waals surface area contributed by atoms with Gasteiger partial charge in [0.25, 0.3) is 5.56 Å². The van der Waals surface area contributed by atoms with E-state index in [0.717, 1.165) is 28.7 Å². The molecule has 2 heterocycles. The van der Waals surface area contributed by atoms with Crippen LogP contribution in [0.1, 0.15) is 18.1 Å². The lowest BCUT2D eigenvalue weighted by atomic mass is 10.0. The highest BCUT2D eigenvalue weighted by atomic mass is 79.9. The van der Waals surface area contributed by atoms with Gasteiger partial charge in [0.05, 0.1) is 11.7 Å². The topological polar surface area (TPSA) is 115 Å². The van der Waals surface area contributed by atoms with Crippen LogP contribution in [0.5, 0.6) is 0 Å². The first kappa shape index (κ1) is 20.6. The second-order valence-corrected chi connectivity index (χ2v) is 7.46. The van der Waals surface area contributed by atoms with Crippen LogP contribution in [0.2, 0.25) is 0 Å². The molecule has 0 aliphatic carbocycles. The minimum Gasteiger partial charge on any atom is -0.396 e. The first-order valence-corrected chi connectivity index (χ1v) is 10.2. The van der Waals surface area contributed by atoms with Crippen molar-refractivity contribution in [2.45, 2.75) is 18.3 Å². The average molecular weight is 455 g/mol. The lowest BCUT2D eigenvalue weighted by molar-refractivity contribution is 0.442. The predicted molar refractivity (Wildman–Crippen MR) is 120 cm³/mol. The highest BCUT2D eigenvalue weighted by molar-refractivity contribution is 9.08. The molecule has 1 atom stereocenters. The number of nitrogens with one attached hydrogen (secondary N) is 1. The first-order valence-electron chi connectivity index (χ1n) is 9.11. The number of H-pyrrole nitrogens is 1. The van der Waals surface area contributed by atoms with E-state index < -0.39 is 5.56 Å². The molecule has 1 unspecified atom stereocenters. The summed E-state index contributed by atoms with van der Waals surface area (Å²) in [5, 5.41) is 9.88. The molecule has 150 valence electrons. The normalized spacial score (nSPS) is 14.6. The number of nitrogen functional groups attached to an aromatic ring is 1. The number of hydrogen-bond acceptors (Lipinski definition) is 6. The van der Waals surface area contributed by atoms with Crippen LogP contribution in [-0.2, 0) is 5.33 Å². The maximum atomic E-state index is 12.3. The van der Waals surface area contributed by atoms with Gasteiger partial charge in [-0.3, -0.25) is 4.79 Å². The molecule has 0 amide bonds. The van der Waals surface area contributed by atoms with Crippen molar-refractivity contribution in [3.05, 3.63) is 75.4 Å². The van der Waals surface area contributed by atoms with Crippen LogP contribution in [0.25, 0.3) is 0 Å². The minimum atomic E-state index is -0.482. The van der Waals surface area contributed by atoms with E-state index in [1.165, 1.54) is 6.07 Å². The molecule has 0 spiro atoms. The van der Waals surface area contributed by atoms with Gasteiger partial charge in [0, 0.05) is 30.2 Å². The Hall–Kier alpha value is -3.18. The van der Waals surface area contributed by atoms with E-state index in [1.807, 2.05) is 66.3 Å². The summed E-state index contributed by atoms with van der Waals surface area (Å²) >= 11 is 3.46. The zero-order valence-corrected chi connectivity index (χ0v) is 17.9. The molecule has 0 bridgehead atoms. The summed E-state index contributed by atoms with van der Waals surface area (Å²) in [4.78, 5) is 19.0. The second kappa shape index (κ2) is 8.45. The van der Waals surface area contributed by atoms with Gasteiger partial charge in [-0.15, -0.1) is 0 Å². The van der Waals surface area contributed by atoms with Crippen molar-refractivity contribution in [3.63, 3.8) is 0 Å². The van der Waals surface area contributed by atoms with Crippen molar-refractivity contribution in [1.29, 1.82) is 5.26 Å². The zero-order valence-electron chi connectivity index (χ0n) is 16.3. The quantitative estimate of drug-likeness (QED) is 0.598. The number of nitrogens with zero attached hydrogens (tertiary/aromatic N) is 3. The molecule has 0 fully saturated rings. The van der Waals surface area contributed by atoms with Crippen LogP contribution < -0.4 is 21.9 Å². The fourth-order valence-electron chi connectivity index (χ4n) is 3.35. The summed E-state index contributed by atoms with van der Waals surface area (Å²) in [6, 6.07) is 11.0. The molecule has 0 radical (unpaired) electrons. The smallest absolute Gasteiger partial charge is 0.267 e. The third-order valence-electron chi connectivity index (χ3n) is 5.00. The summed E-state index contributed by atoms with van der Waals surface area (Å²) in [6.07, 6.45) is 4.04. The Kier molecular flexibility index (Phi) is 5.99. The molecule has 0 saturated carbocycles. The van der Waals surface area contributed by atoms with E-state index in [1.54, 1.807) is 0 Å². The van der Waals surface area contributed by atoms with Crippen molar-refractivity contribution >= 4 is 33.1 Å². The van der Waals surface area contributed by atoms with Gasteiger partial charge in [-0.1, -0.05) is 40.2 Å². The molecular formula is C21H23BrN6O. The number of pyridine rings is 1. The van der Waals surface area contributed by atoms with Crippen LogP contribution in [0.4, 0.5) is 17.2 Å². The van der Waals surface area contributed by atoms with E-state index in [-0.39, 0.29) is 11.6 Å². The van der Waals surface area contributed by atoms with Crippen molar-refractivity contribution in [2.75, 3.05) is 24.2 Å². The Morgan fingerprint density at radius 1 is 1.34 bits per heavy atom. The highest BCUT2D eigenvalue weighted by Crippen LogP contribution is 2.34. The zero-order chi connectivity index (χ0) is 21.1. The number of alkyl halides is 1. The highest BCUT2D eigenvalue weighted by Gasteiger charge is 2.26. The van der Waals surface area contributed by atoms with Gasteiger partial charge in [-0.2, -0.15) is 5.26 Å². The largest absolute Gasteiger partial charge is 0.396 e. The Labute approximate surface area is 178 Å². The van der Waals surface area contributed by atoms with Crippen LogP contribution in [0.15, 0.2) is 58.7 Å². The number of aromatic amines is 1. The van der Waals surface area contributed by atoms with Crippen LogP contribution >= 0.6 is 15.9 Å². The van der Waals surface area contributed by atoms with E-state index in [9.17, 15) is 4.79 Å². The second-order valence-electron chi connectivity index (χ2n) is 6.90. The Bertz CT molecular complexity index is 1060. The SMILES string of the molecule is CC(C1=C(N)N(C)CC=C1)N(c1ccc(CBr)cc1)c1[nH]c(=O)c(C#N)cc1N. The number of nitrogens with two attached hydrogens (primary N) is 2. The molecule has 2 aromatic rings. The molecule has 1 aliphatic heterocycles. The van der Waals surface area contributed by atoms with Gasteiger partial charge >= 0.3 is 0 Å². The van der Waals surface area contributed by atoms with Crippen molar-refractivity contribution in [2.24, 2.45) is 5.73 Å². The molecular weight excluding hydrogens is 432 g/mol. The van der Waals surface area contributed by atoms with Crippen molar-refractivity contribution in [3.8, 4) is 6.07 Å². The molecule has 8 heteroatoms. The minimum absolute atomic E-state index is 0.0236. The van der Waals surface area contributed by atoms with Gasteiger partial charge in [0.2, 0.25) is 0 Å². The molecule has 1 aliphatic rings. The van der Waals surface area contributed by atoms with Gasteiger partial charge in [0.15, 0.2) is 0 Å². The molecule has 1 aromatic carbocycles. The summed E-state index contributed by atoms with van der Waals surface area (Å²) in [5.41, 5.74) is 15.3. The monoisotopic (exact) mass is 454 g/mol. The van der Waals surface area contributed by atoms with Gasteiger partial charge in [0.1, 0.15) is 23.3 Å². The third-order valence-corrected chi connectivity index (χ3v) is 5.65. The van der Waals surface area contributed by atoms with Crippen molar-refractivity contribution < 1.29 is 0 Å². The summed E-state index contributed by atoms with van der Waals surface area (Å²) in [7, 11) is 1.93. The summed E-state index contributed by atoms with van der Waals surface area (Å²) < 4.78 is 0. The predicted octanol–water partition coefficient (Wildman–Crippen LogP) is 2.92. The number of halogens is 1. The van der Waals surface area contributed by atoms with Gasteiger partial charge in [-0.25, -0.2) is 0 Å². The standard InChI is InChI=1S/C21H23BrN6O/c1-13(17-4-3-9-27(2)19(17)25)28(16-7-5-14(11-22)6-8-16)20-18(24)10-15(12-23)21(29)26-20/h3-8,10,13H,9,11,24-25H2,1-2H3,(H,26,29). The molecule has 3 rings (SSSR count). The first-order chi connectivity index (χ1) is 13.9. The number of rotatable bonds is 5. The van der Waals surface area contributed by atoms with E-state index >= 15 is 0 Å². The number of nitriles is 1. The number of hydrogen-bond donors (Lipinski definition) is 3.